The third-order valence-corrected chi connectivity index (χ3v) is 4.14. The van der Waals surface area contributed by atoms with Crippen molar-refractivity contribution in [1.82, 2.24) is 15.5 Å². The van der Waals surface area contributed by atoms with Crippen LogP contribution in [-0.2, 0) is 17.8 Å². The smallest absolute Gasteiger partial charge is 0.261 e. The molecule has 0 unspecified atom stereocenters. The lowest BCUT2D eigenvalue weighted by Gasteiger charge is -2.09. The first-order valence-corrected chi connectivity index (χ1v) is 8.17. The van der Waals surface area contributed by atoms with Crippen molar-refractivity contribution in [1.29, 1.82) is 0 Å². The number of hydrogen-bond donors (Lipinski definition) is 1. The molecule has 126 valence electrons. The lowest BCUT2D eigenvalue weighted by atomic mass is 10.1. The number of ether oxygens (including phenoxy) is 1. The van der Waals surface area contributed by atoms with E-state index in [0.717, 1.165) is 11.1 Å². The average molecular weight is 356 g/mol. The van der Waals surface area contributed by atoms with Crippen molar-refractivity contribution in [2.45, 2.75) is 19.1 Å². The lowest BCUT2D eigenvalue weighted by molar-refractivity contribution is -0.127. The molecular weight excluding hydrogens is 342 g/mol. The predicted molar refractivity (Wildman–Crippen MR) is 91.2 cm³/mol. The largest absolute Gasteiger partial charge is 0.480 e. The number of carbonyl (C=O) groups is 1. The highest BCUT2D eigenvalue weighted by Gasteiger charge is 2.29. The Bertz CT molecular complexity index is 911. The van der Waals surface area contributed by atoms with Crippen LogP contribution in [0.5, 0.6) is 5.75 Å². The third kappa shape index (κ3) is 3.34. The molecule has 1 aliphatic heterocycles. The summed E-state index contributed by atoms with van der Waals surface area (Å²) in [5.74, 6) is 1.29. The van der Waals surface area contributed by atoms with E-state index in [1.807, 2.05) is 36.4 Å². The van der Waals surface area contributed by atoms with Gasteiger partial charge in [0.15, 0.2) is 6.10 Å². The minimum Gasteiger partial charge on any atom is -0.480 e. The molecule has 7 heteroatoms. The number of carbonyl (C=O) groups excluding carboxylic acids is 1. The van der Waals surface area contributed by atoms with E-state index in [1.54, 1.807) is 12.1 Å². The molecule has 0 saturated carbocycles. The van der Waals surface area contributed by atoms with Gasteiger partial charge in [0.1, 0.15) is 5.75 Å². The summed E-state index contributed by atoms with van der Waals surface area (Å²) < 4.78 is 10.8. The molecule has 0 saturated heterocycles. The van der Waals surface area contributed by atoms with E-state index in [0.29, 0.717) is 28.9 Å². The van der Waals surface area contributed by atoms with Gasteiger partial charge in [0.05, 0.1) is 6.54 Å². The summed E-state index contributed by atoms with van der Waals surface area (Å²) in [6.45, 7) is 0.148. The second-order valence-corrected chi connectivity index (χ2v) is 6.09. The summed E-state index contributed by atoms with van der Waals surface area (Å²) in [5.41, 5.74) is 1.78. The number of hydrogen-bond acceptors (Lipinski definition) is 5. The molecule has 0 radical (unpaired) electrons. The molecule has 25 heavy (non-hydrogen) atoms. The van der Waals surface area contributed by atoms with E-state index in [1.165, 1.54) is 0 Å². The summed E-state index contributed by atoms with van der Waals surface area (Å²) in [6, 6.07) is 14.8. The number of aromatic nitrogens is 2. The van der Waals surface area contributed by atoms with Gasteiger partial charge in [-0.15, -0.1) is 0 Å². The Morgan fingerprint density at radius 3 is 2.92 bits per heavy atom. The van der Waals surface area contributed by atoms with Gasteiger partial charge in [-0.1, -0.05) is 47.1 Å². The molecule has 3 aromatic rings. The van der Waals surface area contributed by atoms with Crippen molar-refractivity contribution >= 4 is 17.5 Å². The molecule has 0 bridgehead atoms. The van der Waals surface area contributed by atoms with Crippen molar-refractivity contribution in [2.24, 2.45) is 0 Å². The van der Waals surface area contributed by atoms with Gasteiger partial charge < -0.3 is 14.6 Å². The van der Waals surface area contributed by atoms with Crippen molar-refractivity contribution in [3.8, 4) is 17.1 Å². The first-order valence-electron chi connectivity index (χ1n) is 7.80. The van der Waals surface area contributed by atoms with E-state index in [9.17, 15) is 4.79 Å². The zero-order valence-corrected chi connectivity index (χ0v) is 13.9. The third-order valence-electron chi connectivity index (χ3n) is 3.90. The second kappa shape index (κ2) is 6.57. The zero-order valence-electron chi connectivity index (χ0n) is 13.1. The van der Waals surface area contributed by atoms with Gasteiger partial charge in [-0.25, -0.2) is 0 Å². The molecule has 1 aromatic heterocycles. The van der Waals surface area contributed by atoms with Crippen molar-refractivity contribution in [3.63, 3.8) is 0 Å². The highest BCUT2D eigenvalue weighted by molar-refractivity contribution is 6.30. The van der Waals surface area contributed by atoms with E-state index in [4.69, 9.17) is 20.9 Å². The maximum absolute atomic E-state index is 12.3. The van der Waals surface area contributed by atoms with Crippen molar-refractivity contribution < 1.29 is 14.1 Å². The maximum Gasteiger partial charge on any atom is 0.261 e. The van der Waals surface area contributed by atoms with Crippen LogP contribution in [0.3, 0.4) is 0 Å². The summed E-state index contributed by atoms with van der Waals surface area (Å²) >= 11 is 5.96. The lowest BCUT2D eigenvalue weighted by Crippen LogP contribution is -2.37. The van der Waals surface area contributed by atoms with Gasteiger partial charge in [-0.2, -0.15) is 4.98 Å². The number of fused-ring (bicyclic) bond motifs is 1. The van der Waals surface area contributed by atoms with Gasteiger partial charge in [0, 0.05) is 17.0 Å². The molecule has 1 atom stereocenters. The Labute approximate surface area is 148 Å². The Morgan fingerprint density at radius 1 is 1.24 bits per heavy atom. The fraction of sp³-hybridized carbons (Fsp3) is 0.167. The average Bonchev–Trinajstić information content (AvgIpc) is 3.27. The molecule has 0 aliphatic carbocycles. The number of nitrogens with zero attached hydrogens (tertiary/aromatic N) is 2. The van der Waals surface area contributed by atoms with Crippen LogP contribution in [0.15, 0.2) is 53.1 Å². The number of benzene rings is 2. The van der Waals surface area contributed by atoms with Crippen molar-refractivity contribution in [2.75, 3.05) is 0 Å². The van der Waals surface area contributed by atoms with Gasteiger partial charge in [-0.3, -0.25) is 4.79 Å². The Balaban J connectivity index is 1.36. The summed E-state index contributed by atoms with van der Waals surface area (Å²) in [6.07, 6.45) is -0.0918. The molecule has 1 amide bonds. The highest BCUT2D eigenvalue weighted by Crippen LogP contribution is 2.31. The second-order valence-electron chi connectivity index (χ2n) is 5.66. The number of amides is 1. The molecule has 1 aliphatic rings. The molecule has 2 aromatic carbocycles. The fourth-order valence-corrected chi connectivity index (χ4v) is 2.87. The predicted octanol–water partition coefficient (Wildman–Crippen LogP) is 3.01. The SMILES string of the molecule is O=C(NCc1nc(-c2ccccc2)no1)[C@@H]1Cc2cc(Cl)ccc2O1. The van der Waals surface area contributed by atoms with Crippen LogP contribution in [0.2, 0.25) is 5.02 Å². The number of halogens is 1. The highest BCUT2D eigenvalue weighted by atomic mass is 35.5. The van der Waals surface area contributed by atoms with E-state index < -0.39 is 6.10 Å². The van der Waals surface area contributed by atoms with E-state index in [-0.39, 0.29) is 12.5 Å². The first kappa shape index (κ1) is 15.7. The molecule has 2 heterocycles. The molecule has 6 nitrogen and oxygen atoms in total. The molecular formula is C18H14ClN3O3. The molecule has 4 rings (SSSR count). The molecule has 1 N–H and O–H groups in total. The van der Waals surface area contributed by atoms with Crippen LogP contribution < -0.4 is 10.1 Å². The molecule has 0 fully saturated rings. The van der Waals surface area contributed by atoms with Crippen LogP contribution in [0.25, 0.3) is 11.4 Å². The fourth-order valence-electron chi connectivity index (χ4n) is 2.67. The quantitative estimate of drug-likeness (QED) is 0.778. The van der Waals surface area contributed by atoms with E-state index in [2.05, 4.69) is 15.5 Å². The van der Waals surface area contributed by atoms with Crippen molar-refractivity contribution in [3.05, 3.63) is 65.0 Å². The maximum atomic E-state index is 12.3. The summed E-state index contributed by atoms with van der Waals surface area (Å²) in [5, 5.41) is 7.31. The Morgan fingerprint density at radius 2 is 2.08 bits per heavy atom. The van der Waals surface area contributed by atoms with Crippen LogP contribution in [-0.4, -0.2) is 22.2 Å². The number of rotatable bonds is 4. The number of nitrogens with one attached hydrogen (secondary N) is 1. The van der Waals surface area contributed by atoms with Crippen LogP contribution in [0.4, 0.5) is 0 Å². The monoisotopic (exact) mass is 355 g/mol. The standard InChI is InChI=1S/C18H14ClN3O3/c19-13-6-7-14-12(8-13)9-15(24-14)18(23)20-10-16-21-17(22-25-16)11-4-2-1-3-5-11/h1-8,15H,9-10H2,(H,20,23)/t15-/m0/s1. The van der Waals surface area contributed by atoms with Gasteiger partial charge >= 0.3 is 0 Å². The minimum atomic E-state index is -0.579. The first-order chi connectivity index (χ1) is 12.2. The van der Waals surface area contributed by atoms with Gasteiger partial charge in [0.25, 0.3) is 5.91 Å². The van der Waals surface area contributed by atoms with Gasteiger partial charge in [0.2, 0.25) is 11.7 Å². The van der Waals surface area contributed by atoms with Crippen LogP contribution in [0.1, 0.15) is 11.5 Å². The summed E-state index contributed by atoms with van der Waals surface area (Å²) in [7, 11) is 0. The van der Waals surface area contributed by atoms with Gasteiger partial charge in [-0.05, 0) is 23.8 Å². The normalized spacial score (nSPS) is 15.5. The summed E-state index contributed by atoms with van der Waals surface area (Å²) in [4.78, 5) is 16.6. The van der Waals surface area contributed by atoms with Crippen LogP contribution in [0, 0.1) is 0 Å². The molecule has 0 spiro atoms. The minimum absolute atomic E-state index is 0.148. The Kier molecular flexibility index (Phi) is 4.11. The zero-order chi connectivity index (χ0) is 17.2. The van der Waals surface area contributed by atoms with E-state index >= 15 is 0 Å². The topological polar surface area (TPSA) is 77.3 Å². The Hall–Kier alpha value is -2.86. The van der Waals surface area contributed by atoms with Crippen LogP contribution >= 0.6 is 11.6 Å².